The fourth-order valence-corrected chi connectivity index (χ4v) is 2.99. The quantitative estimate of drug-likeness (QED) is 0.858. The Bertz CT molecular complexity index is 318. The van der Waals surface area contributed by atoms with Crippen molar-refractivity contribution >= 4 is 11.8 Å². The zero-order valence-corrected chi connectivity index (χ0v) is 10.4. The number of hydrogen-bond donors (Lipinski definition) is 1. The van der Waals surface area contributed by atoms with Gasteiger partial charge in [-0.05, 0) is 20.3 Å². The van der Waals surface area contributed by atoms with Gasteiger partial charge in [-0.3, -0.25) is 0 Å². The average molecular weight is 226 g/mol. The van der Waals surface area contributed by atoms with Crippen molar-refractivity contribution in [1.82, 2.24) is 10.3 Å². The number of thioether (sulfide) groups is 1. The Balaban J connectivity index is 1.83. The maximum absolute atomic E-state index is 5.52. The molecule has 0 aromatic carbocycles. The van der Waals surface area contributed by atoms with Crippen molar-refractivity contribution in [3.63, 3.8) is 0 Å². The molecular weight excluding hydrogens is 208 g/mol. The molecule has 2 unspecified atom stereocenters. The molecule has 1 N–H and O–H groups in total. The number of hydrogen-bond acceptors (Lipinski definition) is 4. The predicted octanol–water partition coefficient (Wildman–Crippen LogP) is 2.28. The summed E-state index contributed by atoms with van der Waals surface area (Å²) in [5, 5.41) is 4.28. The minimum Gasteiger partial charge on any atom is -0.444 e. The lowest BCUT2D eigenvalue weighted by Gasteiger charge is -2.08. The fraction of sp³-hybridized carbons (Fsp3) is 0.727. The normalized spacial score (nSPS) is 26.1. The van der Waals surface area contributed by atoms with Gasteiger partial charge in [0.15, 0.2) is 0 Å². The summed E-state index contributed by atoms with van der Waals surface area (Å²) < 4.78 is 5.52. The van der Waals surface area contributed by atoms with Crippen molar-refractivity contribution in [2.45, 2.75) is 45.0 Å². The summed E-state index contributed by atoms with van der Waals surface area (Å²) in [6.45, 7) is 6.98. The van der Waals surface area contributed by atoms with E-state index in [-0.39, 0.29) is 0 Å². The number of aromatic nitrogens is 1. The van der Waals surface area contributed by atoms with E-state index in [9.17, 15) is 0 Å². The smallest absolute Gasteiger partial charge is 0.208 e. The van der Waals surface area contributed by atoms with Crippen LogP contribution in [0, 0.1) is 13.8 Å². The van der Waals surface area contributed by atoms with Crippen LogP contribution in [0.1, 0.15) is 30.7 Å². The number of nitrogens with zero attached hydrogens (tertiary/aromatic N) is 1. The largest absolute Gasteiger partial charge is 0.444 e. The lowest BCUT2D eigenvalue weighted by Crippen LogP contribution is -2.28. The molecule has 3 nitrogen and oxygen atoms in total. The van der Waals surface area contributed by atoms with Crippen molar-refractivity contribution in [1.29, 1.82) is 0 Å². The van der Waals surface area contributed by atoms with Crippen molar-refractivity contribution in [3.05, 3.63) is 17.3 Å². The Kier molecular flexibility index (Phi) is 3.36. The molecule has 15 heavy (non-hydrogen) atoms. The minimum absolute atomic E-state index is 0.623. The van der Waals surface area contributed by atoms with Gasteiger partial charge in [0.2, 0.25) is 5.89 Å². The number of nitrogens with one attached hydrogen (secondary N) is 1. The maximum atomic E-state index is 5.52. The van der Waals surface area contributed by atoms with Gasteiger partial charge in [0.25, 0.3) is 0 Å². The summed E-state index contributed by atoms with van der Waals surface area (Å²) in [4.78, 5) is 4.35. The molecule has 1 saturated heterocycles. The van der Waals surface area contributed by atoms with Gasteiger partial charge >= 0.3 is 0 Å². The first-order valence-electron chi connectivity index (χ1n) is 5.43. The Morgan fingerprint density at radius 2 is 2.33 bits per heavy atom. The number of rotatable bonds is 3. The summed E-state index contributed by atoms with van der Waals surface area (Å²) in [6, 6.07) is 0.623. The molecule has 1 aromatic heterocycles. The molecule has 0 bridgehead atoms. The topological polar surface area (TPSA) is 38.1 Å². The molecule has 0 radical (unpaired) electrons. The minimum atomic E-state index is 0.623. The van der Waals surface area contributed by atoms with Crippen molar-refractivity contribution < 1.29 is 4.42 Å². The van der Waals surface area contributed by atoms with Gasteiger partial charge in [-0.25, -0.2) is 4.98 Å². The van der Waals surface area contributed by atoms with Gasteiger partial charge in [-0.15, -0.1) is 0 Å². The van der Waals surface area contributed by atoms with Gasteiger partial charge in [-0.2, -0.15) is 11.8 Å². The Morgan fingerprint density at radius 1 is 1.53 bits per heavy atom. The zero-order chi connectivity index (χ0) is 10.8. The van der Waals surface area contributed by atoms with E-state index in [0.29, 0.717) is 6.04 Å². The highest BCUT2D eigenvalue weighted by Gasteiger charge is 2.21. The monoisotopic (exact) mass is 226 g/mol. The van der Waals surface area contributed by atoms with Crippen LogP contribution in [-0.4, -0.2) is 22.0 Å². The van der Waals surface area contributed by atoms with Crippen LogP contribution in [0.15, 0.2) is 4.42 Å². The summed E-state index contributed by atoms with van der Waals surface area (Å²) in [5.41, 5.74) is 1.00. The molecular formula is C11H18N2OS. The molecule has 84 valence electrons. The third-order valence-electron chi connectivity index (χ3n) is 2.81. The van der Waals surface area contributed by atoms with E-state index in [4.69, 9.17) is 4.42 Å². The predicted molar refractivity (Wildman–Crippen MR) is 63.1 cm³/mol. The van der Waals surface area contributed by atoms with Gasteiger partial charge in [-0.1, -0.05) is 6.92 Å². The fourth-order valence-electron chi connectivity index (χ4n) is 1.81. The third kappa shape index (κ3) is 2.75. The van der Waals surface area contributed by atoms with Crippen molar-refractivity contribution in [3.8, 4) is 0 Å². The van der Waals surface area contributed by atoms with Gasteiger partial charge in [0.1, 0.15) is 5.76 Å². The molecule has 4 heteroatoms. The molecule has 1 aliphatic rings. The first-order valence-corrected chi connectivity index (χ1v) is 6.48. The molecule has 1 fully saturated rings. The third-order valence-corrected chi connectivity index (χ3v) is 4.17. The van der Waals surface area contributed by atoms with Crippen LogP contribution in [-0.2, 0) is 6.54 Å². The first kappa shape index (κ1) is 11.0. The number of oxazole rings is 1. The molecule has 0 amide bonds. The van der Waals surface area contributed by atoms with Crippen molar-refractivity contribution in [2.75, 3.05) is 5.75 Å². The van der Waals surface area contributed by atoms with E-state index >= 15 is 0 Å². The van der Waals surface area contributed by atoms with Crippen LogP contribution in [0.25, 0.3) is 0 Å². The molecule has 2 heterocycles. The second-order valence-electron chi connectivity index (χ2n) is 4.21. The molecule has 0 aliphatic carbocycles. The van der Waals surface area contributed by atoms with Crippen molar-refractivity contribution in [2.24, 2.45) is 0 Å². The first-order chi connectivity index (χ1) is 7.15. The van der Waals surface area contributed by atoms with Crippen LogP contribution in [0.4, 0.5) is 0 Å². The second-order valence-corrected chi connectivity index (χ2v) is 5.68. The lowest BCUT2D eigenvalue weighted by atomic mass is 10.2. The standard InChI is InChI=1S/C11H18N2OS/c1-7-4-10(6-15-7)12-5-11-13-8(2)9(3)14-11/h7,10,12H,4-6H2,1-3H3. The maximum Gasteiger partial charge on any atom is 0.208 e. The van der Waals surface area contributed by atoms with Gasteiger partial charge < -0.3 is 9.73 Å². The SMILES string of the molecule is Cc1nc(CNC2CSC(C)C2)oc1C. The van der Waals surface area contributed by atoms with E-state index in [0.717, 1.165) is 29.1 Å². The second kappa shape index (κ2) is 4.58. The summed E-state index contributed by atoms with van der Waals surface area (Å²) in [6.07, 6.45) is 1.25. The molecule has 0 saturated carbocycles. The summed E-state index contributed by atoms with van der Waals surface area (Å²) >= 11 is 2.04. The van der Waals surface area contributed by atoms with E-state index in [1.807, 2.05) is 25.6 Å². The molecule has 2 atom stereocenters. The van der Waals surface area contributed by atoms with E-state index < -0.39 is 0 Å². The van der Waals surface area contributed by atoms with Gasteiger partial charge in [0, 0.05) is 17.0 Å². The molecule has 2 rings (SSSR count). The average Bonchev–Trinajstić information content (AvgIpc) is 2.72. The lowest BCUT2D eigenvalue weighted by molar-refractivity contribution is 0.427. The zero-order valence-electron chi connectivity index (χ0n) is 9.54. The van der Waals surface area contributed by atoms with Gasteiger partial charge in [0.05, 0.1) is 12.2 Å². The Morgan fingerprint density at radius 3 is 2.87 bits per heavy atom. The van der Waals surface area contributed by atoms with E-state index in [2.05, 4.69) is 17.2 Å². The van der Waals surface area contributed by atoms with Crippen LogP contribution < -0.4 is 5.32 Å². The molecule has 0 spiro atoms. The summed E-state index contributed by atoms with van der Waals surface area (Å²) in [5.74, 6) is 2.95. The Hall–Kier alpha value is -0.480. The Labute approximate surface area is 95.0 Å². The van der Waals surface area contributed by atoms with E-state index in [1.165, 1.54) is 12.2 Å². The highest BCUT2D eigenvalue weighted by molar-refractivity contribution is 8.00. The van der Waals surface area contributed by atoms with Crippen LogP contribution in [0.5, 0.6) is 0 Å². The van der Waals surface area contributed by atoms with Crippen LogP contribution in [0.2, 0.25) is 0 Å². The van der Waals surface area contributed by atoms with Crippen LogP contribution in [0.3, 0.4) is 0 Å². The summed E-state index contributed by atoms with van der Waals surface area (Å²) in [7, 11) is 0. The van der Waals surface area contributed by atoms with Crippen LogP contribution >= 0.6 is 11.8 Å². The molecule has 1 aliphatic heterocycles. The highest BCUT2D eigenvalue weighted by Crippen LogP contribution is 2.26. The molecule has 1 aromatic rings. The van der Waals surface area contributed by atoms with E-state index in [1.54, 1.807) is 0 Å². The number of aryl methyl sites for hydroxylation is 2. The highest BCUT2D eigenvalue weighted by atomic mass is 32.2.